The first kappa shape index (κ1) is 29.2. The fraction of sp³-hybridized carbons (Fsp3) is 1.00. The smallest absolute Gasteiger partial charge is 0 e. The van der Waals surface area contributed by atoms with E-state index >= 15 is 0 Å². The Bertz CT molecular complexity index is 24.1. The molecule has 0 radical (unpaired) electrons. The van der Waals surface area contributed by atoms with Gasteiger partial charge in [0.2, 0.25) is 0 Å². The van der Waals surface area contributed by atoms with Crippen LogP contribution in [-0.4, -0.2) is 56.4 Å². The number of hydrogen-bond acceptors (Lipinski definition) is 0. The van der Waals surface area contributed by atoms with E-state index in [1.54, 1.807) is 56.4 Å². The van der Waals surface area contributed by atoms with Crippen LogP contribution in [0.1, 0.15) is 0 Å². The second-order valence-electron chi connectivity index (χ2n) is 1.79. The molecule has 0 saturated heterocycles. The minimum absolute atomic E-state index is 0. The Balaban J connectivity index is -0.0000000213. The zero-order valence-corrected chi connectivity index (χ0v) is 11.1. The average molecular weight is 235 g/mol. The maximum Gasteiger partial charge on any atom is 0 e. The van der Waals surface area contributed by atoms with Crippen molar-refractivity contribution >= 4 is 0 Å². The van der Waals surface area contributed by atoms with E-state index in [0.29, 0.717) is 0 Å². The Morgan fingerprint density at radius 3 is 0.385 bits per heavy atom. The van der Waals surface area contributed by atoms with E-state index in [0.717, 1.165) is 0 Å². The summed E-state index contributed by atoms with van der Waals surface area (Å²) in [6.45, 7) is 0. The molecule has 0 aromatic heterocycles. The van der Waals surface area contributed by atoms with Crippen molar-refractivity contribution in [3.05, 3.63) is 21.3 Å². The fourth-order valence-corrected chi connectivity index (χ4v) is 0. The summed E-state index contributed by atoms with van der Waals surface area (Å²) >= 11 is 0. The van der Waals surface area contributed by atoms with Crippen molar-refractivity contribution in [1.82, 2.24) is 0 Å². The molecule has 0 fully saturated rings. The molecule has 4 nitrogen and oxygen atoms in total. The molecule has 0 aromatic carbocycles. The minimum Gasteiger partial charge on any atom is -0.668 e. The third kappa shape index (κ3) is 11800. The van der Waals surface area contributed by atoms with Crippen molar-refractivity contribution in [2.24, 2.45) is 0 Å². The summed E-state index contributed by atoms with van der Waals surface area (Å²) in [7, 11) is 14.0. The second-order valence-corrected chi connectivity index (χ2v) is 1.79. The molecule has 0 saturated carbocycles. The zero-order valence-electron chi connectivity index (χ0n) is 10.1. The van der Waals surface area contributed by atoms with Gasteiger partial charge in [-0.25, -0.2) is 0 Å². The summed E-state index contributed by atoms with van der Waals surface area (Å²) in [4.78, 5) is 0. The van der Waals surface area contributed by atoms with Crippen LogP contribution in [0.3, 0.4) is 0 Å². The molecule has 90 valence electrons. The molecule has 0 unspecified atom stereocenters. The molecule has 0 heterocycles. The Hall–Kier alpha value is 0.334. The van der Waals surface area contributed by atoms with Crippen molar-refractivity contribution in [1.29, 1.82) is 0 Å². The Morgan fingerprint density at radius 2 is 0.385 bits per heavy atom. The summed E-state index contributed by atoms with van der Waals surface area (Å²) in [6, 6.07) is 0. The predicted octanol–water partition coefficient (Wildman–Crippen LogP) is 2.48. The van der Waals surface area contributed by atoms with E-state index in [1.807, 2.05) is 0 Å². The van der Waals surface area contributed by atoms with Crippen LogP contribution in [0.2, 0.25) is 0 Å². The molecule has 0 spiro atoms. The van der Waals surface area contributed by atoms with Gasteiger partial charge in [-0.15, -0.1) is 0 Å². The van der Waals surface area contributed by atoms with Crippen molar-refractivity contribution in [3.63, 3.8) is 0 Å². The van der Waals surface area contributed by atoms with Gasteiger partial charge in [-0.05, 0) is 0 Å². The summed E-state index contributed by atoms with van der Waals surface area (Å²) in [5, 5.41) is 14.0. The quantitative estimate of drug-likeness (QED) is 0.579. The maximum absolute atomic E-state index is 3.50. The fourth-order valence-electron chi connectivity index (χ4n) is 0. The molecule has 0 N–H and O–H groups in total. The van der Waals surface area contributed by atoms with Gasteiger partial charge in [-0.2, -0.15) is 56.4 Å². The summed E-state index contributed by atoms with van der Waals surface area (Å²) in [5.41, 5.74) is 0. The van der Waals surface area contributed by atoms with Crippen molar-refractivity contribution in [3.8, 4) is 0 Å². The van der Waals surface area contributed by atoms with Crippen LogP contribution in [0.4, 0.5) is 0 Å². The van der Waals surface area contributed by atoms with Gasteiger partial charge in [-0.3, -0.25) is 0 Å². The third-order valence-corrected chi connectivity index (χ3v) is 0. The first-order chi connectivity index (χ1) is 5.66. The molecule has 0 aliphatic carbocycles. The zero-order chi connectivity index (χ0) is 10.8. The molecule has 0 atom stereocenters. The summed E-state index contributed by atoms with van der Waals surface area (Å²) in [6.07, 6.45) is 0. The van der Waals surface area contributed by atoms with Gasteiger partial charge in [0.15, 0.2) is 0 Å². The minimum atomic E-state index is 0. The second kappa shape index (κ2) is 84.4. The standard InChI is InChI=1S/4C2H6N.Ni/c4*1-3-2;/h4*1-2H3;/q4*-1;. The Labute approximate surface area is 94.6 Å². The van der Waals surface area contributed by atoms with E-state index in [4.69, 9.17) is 0 Å². The van der Waals surface area contributed by atoms with Crippen LogP contribution in [0, 0.1) is 0 Å². The van der Waals surface area contributed by atoms with Crippen molar-refractivity contribution < 1.29 is 16.5 Å². The van der Waals surface area contributed by atoms with Crippen LogP contribution < -0.4 is 0 Å². The van der Waals surface area contributed by atoms with Gasteiger partial charge in [0.05, 0.1) is 0 Å². The van der Waals surface area contributed by atoms with Gasteiger partial charge in [0.25, 0.3) is 0 Å². The predicted molar refractivity (Wildman–Crippen MR) is 60.8 cm³/mol. The van der Waals surface area contributed by atoms with Crippen LogP contribution in [-0.2, 0) is 16.5 Å². The largest absolute Gasteiger partial charge is 0.668 e. The Kier molecular flexibility index (Phi) is 190. The van der Waals surface area contributed by atoms with Crippen LogP contribution in [0.25, 0.3) is 21.3 Å². The maximum atomic E-state index is 3.50. The topological polar surface area (TPSA) is 56.4 Å². The molecule has 0 amide bonds. The van der Waals surface area contributed by atoms with Crippen LogP contribution in [0.15, 0.2) is 0 Å². The molecule has 13 heavy (non-hydrogen) atoms. The SMILES string of the molecule is C[N-]C.C[N-]C.C[N-]C.C[N-]C.[Ni]. The monoisotopic (exact) mass is 234 g/mol. The molecule has 0 aliphatic heterocycles. The van der Waals surface area contributed by atoms with Crippen molar-refractivity contribution in [2.75, 3.05) is 56.4 Å². The number of rotatable bonds is 0. The van der Waals surface area contributed by atoms with Crippen molar-refractivity contribution in [2.45, 2.75) is 0 Å². The summed E-state index contributed by atoms with van der Waals surface area (Å²) < 4.78 is 0. The van der Waals surface area contributed by atoms with E-state index in [9.17, 15) is 0 Å². The molecule has 0 rings (SSSR count). The summed E-state index contributed by atoms with van der Waals surface area (Å²) in [5.74, 6) is 0. The van der Waals surface area contributed by atoms with E-state index in [2.05, 4.69) is 21.3 Å². The van der Waals surface area contributed by atoms with Gasteiger partial charge in [-0.1, -0.05) is 0 Å². The normalized spacial score (nSPS) is 5.54. The van der Waals surface area contributed by atoms with Crippen LogP contribution in [0.5, 0.6) is 0 Å². The van der Waals surface area contributed by atoms with E-state index in [1.165, 1.54) is 0 Å². The molecule has 0 bridgehead atoms. The van der Waals surface area contributed by atoms with Gasteiger partial charge >= 0.3 is 0 Å². The Morgan fingerprint density at radius 1 is 0.385 bits per heavy atom. The molecule has 0 aliphatic rings. The third-order valence-electron chi connectivity index (χ3n) is 0. The number of nitrogens with zero attached hydrogens (tertiary/aromatic N) is 4. The molecule has 0 aromatic rings. The molecule has 5 heteroatoms. The van der Waals surface area contributed by atoms with Gasteiger partial charge < -0.3 is 21.3 Å². The van der Waals surface area contributed by atoms with Gasteiger partial charge in [0, 0.05) is 16.5 Å². The van der Waals surface area contributed by atoms with Gasteiger partial charge in [0.1, 0.15) is 0 Å². The van der Waals surface area contributed by atoms with E-state index in [-0.39, 0.29) is 16.5 Å². The van der Waals surface area contributed by atoms with Crippen LogP contribution >= 0.6 is 0 Å². The first-order valence-corrected chi connectivity index (χ1v) is 3.58. The molecular formula is C8H24N4Ni-4. The van der Waals surface area contributed by atoms with E-state index < -0.39 is 0 Å². The number of hydrogen-bond donors (Lipinski definition) is 0. The molecular weight excluding hydrogens is 211 g/mol. The first-order valence-electron chi connectivity index (χ1n) is 3.58. The average Bonchev–Trinajstić information content (AvgIpc) is 1.92.